The Balaban J connectivity index is 1.80. The molecule has 26 heavy (non-hydrogen) atoms. The van der Waals surface area contributed by atoms with Crippen molar-refractivity contribution in [2.45, 2.75) is 6.54 Å². The minimum atomic E-state index is -0.560. The molecule has 1 N–H and O–H groups in total. The topological polar surface area (TPSA) is 86.4 Å². The number of nitro benzene ring substituents is 1. The normalized spacial score (nSPS) is 10.8. The van der Waals surface area contributed by atoms with Crippen LogP contribution >= 0.6 is 11.6 Å². The predicted molar refractivity (Wildman–Crippen MR) is 99.9 cm³/mol. The molecule has 0 aliphatic carbocycles. The van der Waals surface area contributed by atoms with Crippen molar-refractivity contribution in [3.05, 3.63) is 69.4 Å². The molecule has 0 atom stereocenters. The summed E-state index contributed by atoms with van der Waals surface area (Å²) in [5.74, 6) is -0.428. The Morgan fingerprint density at radius 1 is 1.27 bits per heavy atom. The van der Waals surface area contributed by atoms with Crippen LogP contribution in [0.3, 0.4) is 0 Å². The van der Waals surface area contributed by atoms with E-state index in [1.165, 1.54) is 12.1 Å². The van der Waals surface area contributed by atoms with E-state index in [-0.39, 0.29) is 16.3 Å². The fourth-order valence-electron chi connectivity index (χ4n) is 2.66. The van der Waals surface area contributed by atoms with Crippen LogP contribution in [0.1, 0.15) is 10.4 Å². The maximum atomic E-state index is 12.4. The molecule has 3 rings (SSSR count). The van der Waals surface area contributed by atoms with Crippen LogP contribution in [-0.4, -0.2) is 29.1 Å². The highest BCUT2D eigenvalue weighted by atomic mass is 35.5. The third kappa shape index (κ3) is 3.68. The average Bonchev–Trinajstić information content (AvgIpc) is 3.01. The number of halogens is 1. The highest BCUT2D eigenvalue weighted by Gasteiger charge is 2.15. The molecule has 3 aromatic rings. The first-order chi connectivity index (χ1) is 12.5. The van der Waals surface area contributed by atoms with E-state index in [4.69, 9.17) is 16.3 Å². The number of aromatic nitrogens is 1. The smallest absolute Gasteiger partial charge is 0.270 e. The summed E-state index contributed by atoms with van der Waals surface area (Å²) in [6, 6.07) is 11.3. The quantitative estimate of drug-likeness (QED) is 0.520. The Labute approximate surface area is 154 Å². The molecule has 0 aliphatic heterocycles. The van der Waals surface area contributed by atoms with Gasteiger partial charge in [0.2, 0.25) is 0 Å². The van der Waals surface area contributed by atoms with Crippen molar-refractivity contribution in [1.82, 2.24) is 4.57 Å². The second-order valence-electron chi connectivity index (χ2n) is 5.65. The van der Waals surface area contributed by atoms with Gasteiger partial charge in [-0.05, 0) is 30.3 Å². The molecule has 0 radical (unpaired) electrons. The Kier molecular flexibility index (Phi) is 5.20. The van der Waals surface area contributed by atoms with Crippen molar-refractivity contribution in [1.29, 1.82) is 0 Å². The summed E-state index contributed by atoms with van der Waals surface area (Å²) < 4.78 is 7.16. The lowest BCUT2D eigenvalue weighted by Gasteiger charge is -2.08. The zero-order chi connectivity index (χ0) is 18.7. The average molecular weight is 374 g/mol. The van der Waals surface area contributed by atoms with Gasteiger partial charge < -0.3 is 14.6 Å². The van der Waals surface area contributed by atoms with Crippen molar-refractivity contribution < 1.29 is 14.5 Å². The number of nitrogens with one attached hydrogen (secondary N) is 1. The lowest BCUT2D eigenvalue weighted by molar-refractivity contribution is -0.384. The van der Waals surface area contributed by atoms with Gasteiger partial charge in [0.1, 0.15) is 0 Å². The summed E-state index contributed by atoms with van der Waals surface area (Å²) in [4.78, 5) is 22.6. The van der Waals surface area contributed by atoms with Crippen LogP contribution in [0.5, 0.6) is 0 Å². The molecule has 0 fully saturated rings. The van der Waals surface area contributed by atoms with Crippen LogP contribution in [0, 0.1) is 10.1 Å². The zero-order valence-electron chi connectivity index (χ0n) is 13.9. The number of benzene rings is 2. The molecule has 1 heterocycles. The summed E-state index contributed by atoms with van der Waals surface area (Å²) in [5.41, 5.74) is 1.66. The van der Waals surface area contributed by atoms with Crippen LogP contribution in [0.4, 0.5) is 11.4 Å². The van der Waals surface area contributed by atoms with Crippen LogP contribution in [0.25, 0.3) is 10.9 Å². The number of non-ortho nitro benzene ring substituents is 1. The third-order valence-electron chi connectivity index (χ3n) is 3.97. The van der Waals surface area contributed by atoms with E-state index in [9.17, 15) is 14.9 Å². The van der Waals surface area contributed by atoms with Gasteiger partial charge in [0.15, 0.2) is 0 Å². The number of anilines is 1. The third-order valence-corrected chi connectivity index (χ3v) is 4.29. The van der Waals surface area contributed by atoms with Crippen LogP contribution in [0.2, 0.25) is 5.02 Å². The van der Waals surface area contributed by atoms with E-state index < -0.39 is 10.8 Å². The molecule has 0 spiro atoms. The molecule has 134 valence electrons. The highest BCUT2D eigenvalue weighted by Crippen LogP contribution is 2.25. The maximum absolute atomic E-state index is 12.4. The number of nitro groups is 1. The number of hydrogen-bond acceptors (Lipinski definition) is 4. The fourth-order valence-corrected chi connectivity index (χ4v) is 2.92. The number of hydrogen-bond donors (Lipinski definition) is 1. The van der Waals surface area contributed by atoms with Crippen molar-refractivity contribution in [3.63, 3.8) is 0 Å². The van der Waals surface area contributed by atoms with Gasteiger partial charge in [0, 0.05) is 48.6 Å². The summed E-state index contributed by atoms with van der Waals surface area (Å²) in [7, 11) is 1.66. The van der Waals surface area contributed by atoms with E-state index in [0.717, 1.165) is 23.5 Å². The number of amides is 1. The molecule has 0 aliphatic rings. The van der Waals surface area contributed by atoms with E-state index in [2.05, 4.69) is 9.88 Å². The molecular weight excluding hydrogens is 358 g/mol. The molecule has 1 amide bonds. The molecular formula is C18H16ClN3O4. The first kappa shape index (κ1) is 17.9. The van der Waals surface area contributed by atoms with E-state index in [0.29, 0.717) is 12.3 Å². The van der Waals surface area contributed by atoms with Gasteiger partial charge in [0.25, 0.3) is 11.6 Å². The molecule has 8 heteroatoms. The van der Waals surface area contributed by atoms with Crippen LogP contribution < -0.4 is 5.32 Å². The van der Waals surface area contributed by atoms with Gasteiger partial charge in [-0.15, -0.1) is 0 Å². The van der Waals surface area contributed by atoms with Crippen molar-refractivity contribution in [3.8, 4) is 0 Å². The Morgan fingerprint density at radius 2 is 2.08 bits per heavy atom. The number of carbonyl (C=O) groups excluding carboxylic acids is 1. The Bertz CT molecular complexity index is 984. The van der Waals surface area contributed by atoms with Gasteiger partial charge in [0.05, 0.1) is 22.1 Å². The molecule has 0 bridgehead atoms. The molecule has 0 saturated heterocycles. The lowest BCUT2D eigenvalue weighted by Crippen LogP contribution is -2.12. The minimum absolute atomic E-state index is 0.0310. The van der Waals surface area contributed by atoms with Gasteiger partial charge >= 0.3 is 0 Å². The minimum Gasteiger partial charge on any atom is -0.383 e. The van der Waals surface area contributed by atoms with Crippen molar-refractivity contribution in [2.75, 3.05) is 19.0 Å². The molecule has 2 aromatic carbocycles. The number of ether oxygens (including phenoxy) is 1. The standard InChI is InChI=1S/C18H16ClN3O4/c1-26-9-8-21-7-6-12-10-13(2-5-17(12)21)20-18(23)15-4-3-14(22(24)25)11-16(15)19/h2-7,10-11H,8-9H2,1H3,(H,20,23). The number of carbonyl (C=O) groups is 1. The van der Waals surface area contributed by atoms with E-state index in [1.54, 1.807) is 13.2 Å². The SMILES string of the molecule is COCCn1ccc2cc(NC(=O)c3ccc([N+](=O)[O-])cc3Cl)ccc21. The lowest BCUT2D eigenvalue weighted by atomic mass is 10.1. The first-order valence-corrected chi connectivity index (χ1v) is 8.20. The predicted octanol–water partition coefficient (Wildman–Crippen LogP) is 4.10. The monoisotopic (exact) mass is 373 g/mol. The Morgan fingerprint density at radius 3 is 2.77 bits per heavy atom. The summed E-state index contributed by atoms with van der Waals surface area (Å²) >= 11 is 6.00. The molecule has 0 unspecified atom stereocenters. The number of methoxy groups -OCH3 is 1. The summed E-state index contributed by atoms with van der Waals surface area (Å²) in [6.07, 6.45) is 1.96. The number of rotatable bonds is 6. The summed E-state index contributed by atoms with van der Waals surface area (Å²) in [6.45, 7) is 1.35. The zero-order valence-corrected chi connectivity index (χ0v) is 14.7. The van der Waals surface area contributed by atoms with Gasteiger partial charge in [-0.3, -0.25) is 14.9 Å². The number of nitrogens with zero attached hydrogens (tertiary/aromatic N) is 2. The second-order valence-corrected chi connectivity index (χ2v) is 6.06. The molecule has 1 aromatic heterocycles. The van der Waals surface area contributed by atoms with Crippen molar-refractivity contribution >= 4 is 39.8 Å². The van der Waals surface area contributed by atoms with E-state index in [1.807, 2.05) is 24.4 Å². The first-order valence-electron chi connectivity index (χ1n) is 7.82. The van der Waals surface area contributed by atoms with Gasteiger partial charge in [-0.1, -0.05) is 11.6 Å². The van der Waals surface area contributed by atoms with Gasteiger partial charge in [-0.25, -0.2) is 0 Å². The van der Waals surface area contributed by atoms with Gasteiger partial charge in [-0.2, -0.15) is 0 Å². The maximum Gasteiger partial charge on any atom is 0.270 e. The van der Waals surface area contributed by atoms with Crippen molar-refractivity contribution in [2.24, 2.45) is 0 Å². The molecule has 0 saturated carbocycles. The largest absolute Gasteiger partial charge is 0.383 e. The molecule has 7 nitrogen and oxygen atoms in total. The van der Waals surface area contributed by atoms with Crippen LogP contribution in [0.15, 0.2) is 48.7 Å². The fraction of sp³-hybridized carbons (Fsp3) is 0.167. The van der Waals surface area contributed by atoms with Crippen LogP contribution in [-0.2, 0) is 11.3 Å². The summed E-state index contributed by atoms with van der Waals surface area (Å²) in [5, 5.41) is 14.5. The Hall–Kier alpha value is -2.90. The number of fused-ring (bicyclic) bond motifs is 1. The second kappa shape index (κ2) is 7.55. The van der Waals surface area contributed by atoms with E-state index >= 15 is 0 Å². The highest BCUT2D eigenvalue weighted by molar-refractivity contribution is 6.34.